The summed E-state index contributed by atoms with van der Waals surface area (Å²) in [6.07, 6.45) is 1.32. The van der Waals surface area contributed by atoms with Gasteiger partial charge in [-0.05, 0) is 83.7 Å². The molecule has 8 heteroatoms. The molecule has 4 aromatic carbocycles. The van der Waals surface area contributed by atoms with Gasteiger partial charge < -0.3 is 18.7 Å². The van der Waals surface area contributed by atoms with Crippen LogP contribution in [0, 0.1) is 0 Å². The van der Waals surface area contributed by atoms with Crippen LogP contribution in [-0.2, 0) is 36.9 Å². The van der Waals surface area contributed by atoms with Crippen LogP contribution in [0.2, 0.25) is 36.3 Å². The van der Waals surface area contributed by atoms with E-state index in [2.05, 4.69) is 67.7 Å². The molecule has 284 valence electrons. The molecular weight excluding hydrogens is 701 g/mol. The third kappa shape index (κ3) is 7.58. The highest BCUT2D eigenvalue weighted by Crippen LogP contribution is 2.54. The Hall–Kier alpha value is -4.09. The van der Waals surface area contributed by atoms with Gasteiger partial charge in [-0.3, -0.25) is 9.59 Å². The van der Waals surface area contributed by atoms with Gasteiger partial charge in [-0.25, -0.2) is 0 Å². The van der Waals surface area contributed by atoms with E-state index in [9.17, 15) is 0 Å². The fourth-order valence-corrected chi connectivity index (χ4v) is 9.77. The van der Waals surface area contributed by atoms with Gasteiger partial charge in [0.05, 0.1) is 25.3 Å². The number of para-hydroxylation sites is 2. The van der Waals surface area contributed by atoms with E-state index in [0.717, 1.165) is 28.1 Å². The van der Waals surface area contributed by atoms with Crippen molar-refractivity contribution in [2.24, 2.45) is 0 Å². The number of fused-ring (bicyclic) bond motifs is 2. The van der Waals surface area contributed by atoms with E-state index in [1.165, 1.54) is 0 Å². The molecule has 2 aliphatic rings. The zero-order valence-corrected chi connectivity index (χ0v) is 35.9. The number of benzene rings is 4. The van der Waals surface area contributed by atoms with Crippen LogP contribution in [0.3, 0.4) is 0 Å². The summed E-state index contributed by atoms with van der Waals surface area (Å²) in [7, 11) is -4.81. The molecule has 0 aromatic heterocycles. The zero-order chi connectivity index (χ0) is 39.1. The van der Waals surface area contributed by atoms with Crippen molar-refractivity contribution < 1.29 is 18.4 Å². The molecule has 6 nitrogen and oxygen atoms in total. The molecule has 6 rings (SSSR count). The fourth-order valence-electron chi connectivity index (χ4n) is 7.19. The molecule has 0 saturated carbocycles. The summed E-state index contributed by atoms with van der Waals surface area (Å²) in [5.41, 5.74) is 3.61. The first-order valence-corrected chi connectivity index (χ1v) is 25.1. The molecule has 0 N–H and O–H groups in total. The van der Waals surface area contributed by atoms with E-state index >= 15 is 9.59 Å². The van der Waals surface area contributed by atoms with Crippen LogP contribution in [0.15, 0.2) is 127 Å². The Morgan fingerprint density at radius 1 is 0.722 bits per heavy atom. The minimum absolute atomic E-state index is 0.0851. The second-order valence-corrected chi connectivity index (χ2v) is 27.6. The smallest absolute Gasteiger partial charge is 0.255 e. The third-order valence-corrected chi connectivity index (χ3v) is 21.3. The fraction of sp³-hybridized carbons (Fsp3) is 0.391. The average molecular weight is 759 g/mol. The lowest BCUT2D eigenvalue weighted by molar-refractivity contribution is -0.127. The summed E-state index contributed by atoms with van der Waals surface area (Å²) in [6.45, 7) is 23.2. The summed E-state index contributed by atoms with van der Waals surface area (Å²) in [4.78, 5) is 35.1. The Morgan fingerprint density at radius 3 is 1.80 bits per heavy atom. The minimum Gasteiger partial charge on any atom is -0.411 e. The van der Waals surface area contributed by atoms with Gasteiger partial charge in [0.2, 0.25) is 5.91 Å². The largest absolute Gasteiger partial charge is 0.411 e. The van der Waals surface area contributed by atoms with Gasteiger partial charge in [0.25, 0.3) is 5.91 Å². The van der Waals surface area contributed by atoms with Crippen molar-refractivity contribution >= 4 is 39.8 Å². The number of hydrogen-bond acceptors (Lipinski definition) is 4. The van der Waals surface area contributed by atoms with Gasteiger partial charge >= 0.3 is 0 Å². The predicted octanol–water partition coefficient (Wildman–Crippen LogP) is 10.8. The van der Waals surface area contributed by atoms with E-state index in [4.69, 9.17) is 8.85 Å². The second-order valence-electron chi connectivity index (χ2n) is 18.1. The molecular formula is C46H58N2O4Si2. The Bertz CT molecular complexity index is 1980. The van der Waals surface area contributed by atoms with Gasteiger partial charge in [-0.15, -0.1) is 0 Å². The van der Waals surface area contributed by atoms with Gasteiger partial charge in [0, 0.05) is 16.9 Å². The van der Waals surface area contributed by atoms with Crippen LogP contribution in [0.4, 0.5) is 11.4 Å². The average Bonchev–Trinajstić information content (AvgIpc) is 3.34. The number of carbonyl (C=O) groups is 2. The lowest BCUT2D eigenvalue weighted by atomic mass is 9.66. The maximum Gasteiger partial charge on any atom is 0.255 e. The van der Waals surface area contributed by atoms with E-state index in [1.54, 1.807) is 0 Å². The Balaban J connectivity index is 1.60. The van der Waals surface area contributed by atoms with Crippen molar-refractivity contribution in [3.8, 4) is 0 Å². The monoisotopic (exact) mass is 758 g/mol. The van der Waals surface area contributed by atoms with Crippen molar-refractivity contribution in [3.63, 3.8) is 0 Å². The summed E-state index contributed by atoms with van der Waals surface area (Å²) < 4.78 is 14.7. The van der Waals surface area contributed by atoms with Crippen LogP contribution < -0.4 is 9.80 Å². The molecule has 1 aliphatic carbocycles. The van der Waals surface area contributed by atoms with Crippen LogP contribution in [-0.4, -0.2) is 40.7 Å². The van der Waals surface area contributed by atoms with Crippen molar-refractivity contribution in [2.75, 3.05) is 9.80 Å². The first-order chi connectivity index (χ1) is 25.4. The van der Waals surface area contributed by atoms with E-state index < -0.39 is 34.3 Å². The maximum atomic E-state index is 15.8. The van der Waals surface area contributed by atoms with Crippen molar-refractivity contribution in [1.29, 1.82) is 0 Å². The van der Waals surface area contributed by atoms with Crippen LogP contribution in [0.25, 0.3) is 0 Å². The first kappa shape index (κ1) is 39.6. The molecule has 3 atom stereocenters. The zero-order valence-electron chi connectivity index (χ0n) is 33.9. The minimum atomic E-state index is -2.41. The standard InChI is InChI=1S/C46H58N2O4Si2/c1-44(2,3)53(7,8)51-40-30-38(42(49)47(36-26-18-13-19-27-36)32-34-22-14-11-15-23-34)46(31-41(40)52-54(9,10)45(4,5)6)37-28-20-21-29-39(37)48(43(46)50)33-35-24-16-12-17-25-35/h11-30,40-41H,31-33H2,1-10H3/t40-,41-,46-/m1/s1. The van der Waals surface area contributed by atoms with Gasteiger partial charge in [-0.2, -0.15) is 0 Å². The van der Waals surface area contributed by atoms with Gasteiger partial charge in [0.15, 0.2) is 16.6 Å². The highest BCUT2D eigenvalue weighted by molar-refractivity contribution is 6.74. The van der Waals surface area contributed by atoms with E-state index in [0.29, 0.717) is 25.1 Å². The number of carbonyl (C=O) groups excluding carboxylic acids is 2. The number of rotatable bonds is 10. The molecule has 1 heterocycles. The van der Waals surface area contributed by atoms with Crippen LogP contribution in [0.5, 0.6) is 0 Å². The Kier molecular flexibility index (Phi) is 10.9. The molecule has 1 spiro atoms. The summed E-state index contributed by atoms with van der Waals surface area (Å²) in [6, 6.07) is 38.0. The number of nitrogens with zero attached hydrogens (tertiary/aromatic N) is 2. The Morgan fingerprint density at radius 2 is 1.22 bits per heavy atom. The van der Waals surface area contributed by atoms with Gasteiger partial charge in [0.1, 0.15) is 5.41 Å². The topological polar surface area (TPSA) is 59.1 Å². The van der Waals surface area contributed by atoms with Crippen LogP contribution in [0.1, 0.15) is 64.7 Å². The summed E-state index contributed by atoms with van der Waals surface area (Å²) >= 11 is 0. The number of amides is 2. The van der Waals surface area contributed by atoms with Crippen molar-refractivity contribution in [1.82, 2.24) is 0 Å². The summed E-state index contributed by atoms with van der Waals surface area (Å²) in [5.74, 6) is -0.307. The van der Waals surface area contributed by atoms with Crippen molar-refractivity contribution in [3.05, 3.63) is 144 Å². The molecule has 0 radical (unpaired) electrons. The third-order valence-electron chi connectivity index (χ3n) is 12.3. The highest BCUT2D eigenvalue weighted by atomic mass is 28.4. The van der Waals surface area contributed by atoms with E-state index in [1.807, 2.05) is 131 Å². The molecule has 0 saturated heterocycles. The molecule has 54 heavy (non-hydrogen) atoms. The molecule has 0 bridgehead atoms. The molecule has 0 unspecified atom stereocenters. The molecule has 2 amide bonds. The molecule has 1 aliphatic heterocycles. The van der Waals surface area contributed by atoms with E-state index in [-0.39, 0.29) is 21.9 Å². The predicted molar refractivity (Wildman–Crippen MR) is 227 cm³/mol. The lowest BCUT2D eigenvalue weighted by Gasteiger charge is -2.49. The second kappa shape index (κ2) is 14.9. The van der Waals surface area contributed by atoms with Crippen molar-refractivity contribution in [2.45, 2.75) is 115 Å². The normalized spacial score (nSPS) is 20.5. The Labute approximate surface area is 325 Å². The highest BCUT2D eigenvalue weighted by Gasteiger charge is 2.60. The number of hydrogen-bond donors (Lipinski definition) is 0. The lowest BCUT2D eigenvalue weighted by Crippen LogP contribution is -2.58. The molecule has 0 fully saturated rings. The van der Waals surface area contributed by atoms with Crippen LogP contribution >= 0.6 is 0 Å². The van der Waals surface area contributed by atoms with Gasteiger partial charge in [-0.1, -0.05) is 139 Å². The quantitative estimate of drug-likeness (QED) is 0.151. The maximum absolute atomic E-state index is 15.8. The molecule has 4 aromatic rings. The first-order valence-electron chi connectivity index (χ1n) is 19.3. The number of anilines is 2. The SMILES string of the molecule is CC(C)(C)[Si](C)(C)O[C@@H]1C=C(C(=O)N(Cc2ccccc2)c2ccccc2)[C@]2(C[C@H]1O[Si](C)(C)C(C)(C)C)C(=O)N(Cc1ccccc1)c1ccccc12. The summed E-state index contributed by atoms with van der Waals surface area (Å²) in [5, 5.41) is -0.175.